The van der Waals surface area contributed by atoms with E-state index in [4.69, 9.17) is 0 Å². The first-order valence-electron chi connectivity index (χ1n) is 8.71. The van der Waals surface area contributed by atoms with E-state index in [0.717, 1.165) is 36.3 Å². The first kappa shape index (κ1) is 15.8. The number of carbonyl (C=O) groups excluding carboxylic acids is 2. The molecule has 130 valence electrons. The second kappa shape index (κ2) is 6.31. The maximum atomic E-state index is 12.8. The van der Waals surface area contributed by atoms with E-state index >= 15 is 0 Å². The standard InChI is InChI=1S/C18H21N5O2/c1-11(18(25)23-9-8-12-4-2-3-5-16(12)23)19-17(24)13-6-7-14-15(10-13)21-22-20-14/h2-5,11,13H,6-10H2,1H3,(H,19,24)(H,20,21,22)/t11-,13-/m0/s1. The number of fused-ring (bicyclic) bond motifs is 2. The Bertz CT molecular complexity index is 815. The van der Waals surface area contributed by atoms with Crippen molar-refractivity contribution in [2.45, 2.75) is 38.6 Å². The molecule has 1 aliphatic heterocycles. The molecule has 2 amide bonds. The molecule has 0 spiro atoms. The molecule has 2 aliphatic rings. The molecule has 2 aromatic rings. The molecule has 0 fully saturated rings. The van der Waals surface area contributed by atoms with Gasteiger partial charge < -0.3 is 10.2 Å². The lowest BCUT2D eigenvalue weighted by molar-refractivity contribution is -0.130. The highest BCUT2D eigenvalue weighted by Gasteiger charge is 2.32. The van der Waals surface area contributed by atoms with Gasteiger partial charge in [0.2, 0.25) is 11.8 Å². The third kappa shape index (κ3) is 2.90. The maximum Gasteiger partial charge on any atom is 0.249 e. The SMILES string of the molecule is C[C@H](NC(=O)[C@H]1CCc2n[nH]nc2C1)C(=O)N1CCc2ccccc21. The lowest BCUT2D eigenvalue weighted by atomic mass is 9.89. The molecule has 1 aliphatic carbocycles. The molecule has 0 unspecified atom stereocenters. The molecule has 7 nitrogen and oxygen atoms in total. The fourth-order valence-corrected chi connectivity index (χ4v) is 3.70. The minimum absolute atomic E-state index is 0.0590. The highest BCUT2D eigenvalue weighted by atomic mass is 16.2. The van der Waals surface area contributed by atoms with Crippen LogP contribution in [0.15, 0.2) is 24.3 Å². The van der Waals surface area contributed by atoms with E-state index in [9.17, 15) is 9.59 Å². The van der Waals surface area contributed by atoms with Gasteiger partial charge in [0.15, 0.2) is 0 Å². The summed E-state index contributed by atoms with van der Waals surface area (Å²) in [6, 6.07) is 7.38. The Balaban J connectivity index is 1.40. The third-order valence-corrected chi connectivity index (χ3v) is 5.13. The number of H-pyrrole nitrogens is 1. The van der Waals surface area contributed by atoms with Crippen LogP contribution in [0.5, 0.6) is 0 Å². The summed E-state index contributed by atoms with van der Waals surface area (Å²) in [5.74, 6) is -0.295. The molecule has 2 N–H and O–H groups in total. The van der Waals surface area contributed by atoms with Gasteiger partial charge in [-0.25, -0.2) is 0 Å². The zero-order chi connectivity index (χ0) is 17.4. The van der Waals surface area contributed by atoms with E-state index in [1.54, 1.807) is 11.8 Å². The second-order valence-electron chi connectivity index (χ2n) is 6.76. The highest BCUT2D eigenvalue weighted by Crippen LogP contribution is 2.28. The summed E-state index contributed by atoms with van der Waals surface area (Å²) >= 11 is 0. The number of para-hydroxylation sites is 1. The molecule has 2 heterocycles. The number of nitrogens with one attached hydrogen (secondary N) is 2. The van der Waals surface area contributed by atoms with Crippen molar-refractivity contribution < 1.29 is 9.59 Å². The largest absolute Gasteiger partial charge is 0.344 e. The number of carbonyl (C=O) groups is 2. The topological polar surface area (TPSA) is 91.0 Å². The Labute approximate surface area is 145 Å². The first-order chi connectivity index (χ1) is 12.1. The van der Waals surface area contributed by atoms with Crippen LogP contribution in [-0.2, 0) is 28.9 Å². The average Bonchev–Trinajstić information content (AvgIpc) is 3.26. The van der Waals surface area contributed by atoms with Crippen molar-refractivity contribution in [2.75, 3.05) is 11.4 Å². The Morgan fingerprint density at radius 3 is 2.92 bits per heavy atom. The predicted octanol–water partition coefficient (Wildman–Crippen LogP) is 1.00. The van der Waals surface area contributed by atoms with Crippen LogP contribution in [0.1, 0.15) is 30.3 Å². The van der Waals surface area contributed by atoms with Gasteiger partial charge in [0.1, 0.15) is 6.04 Å². The van der Waals surface area contributed by atoms with Crippen LogP contribution in [0.2, 0.25) is 0 Å². The van der Waals surface area contributed by atoms with Crippen LogP contribution in [0.25, 0.3) is 0 Å². The Morgan fingerprint density at radius 1 is 1.24 bits per heavy atom. The normalized spacial score (nSPS) is 19.9. The molecule has 1 aromatic carbocycles. The fraction of sp³-hybridized carbons (Fsp3) is 0.444. The average molecular weight is 339 g/mol. The van der Waals surface area contributed by atoms with Crippen LogP contribution >= 0.6 is 0 Å². The predicted molar refractivity (Wildman–Crippen MR) is 92.0 cm³/mol. The number of hydrogen-bond donors (Lipinski definition) is 2. The van der Waals surface area contributed by atoms with Gasteiger partial charge in [-0.15, -0.1) is 0 Å². The number of aromatic nitrogens is 3. The van der Waals surface area contributed by atoms with E-state index in [1.807, 2.05) is 24.3 Å². The van der Waals surface area contributed by atoms with Gasteiger partial charge in [-0.1, -0.05) is 18.2 Å². The van der Waals surface area contributed by atoms with Gasteiger partial charge in [-0.2, -0.15) is 15.4 Å². The van der Waals surface area contributed by atoms with Crippen LogP contribution in [-0.4, -0.2) is 39.8 Å². The van der Waals surface area contributed by atoms with E-state index < -0.39 is 6.04 Å². The first-order valence-corrected chi connectivity index (χ1v) is 8.71. The van der Waals surface area contributed by atoms with Crippen molar-refractivity contribution >= 4 is 17.5 Å². The van der Waals surface area contributed by atoms with E-state index in [2.05, 4.69) is 20.7 Å². The molecule has 0 bridgehead atoms. The van der Waals surface area contributed by atoms with E-state index in [-0.39, 0.29) is 17.7 Å². The summed E-state index contributed by atoms with van der Waals surface area (Å²) < 4.78 is 0. The summed E-state index contributed by atoms with van der Waals surface area (Å²) in [4.78, 5) is 27.1. The van der Waals surface area contributed by atoms with Crippen molar-refractivity contribution in [1.82, 2.24) is 20.7 Å². The number of aryl methyl sites for hydroxylation is 1. The summed E-state index contributed by atoms with van der Waals surface area (Å²) in [6.07, 6.45) is 2.91. The Hall–Kier alpha value is -2.70. The van der Waals surface area contributed by atoms with Gasteiger partial charge >= 0.3 is 0 Å². The van der Waals surface area contributed by atoms with Crippen molar-refractivity contribution in [3.63, 3.8) is 0 Å². The van der Waals surface area contributed by atoms with Crippen LogP contribution in [0.3, 0.4) is 0 Å². The molecule has 0 saturated carbocycles. The number of aromatic amines is 1. The van der Waals surface area contributed by atoms with Gasteiger partial charge in [0, 0.05) is 24.6 Å². The number of benzene rings is 1. The molecular weight excluding hydrogens is 318 g/mol. The van der Waals surface area contributed by atoms with Crippen LogP contribution < -0.4 is 10.2 Å². The lowest BCUT2D eigenvalue weighted by Gasteiger charge is -2.25. The van der Waals surface area contributed by atoms with Gasteiger partial charge in [-0.3, -0.25) is 9.59 Å². The van der Waals surface area contributed by atoms with Gasteiger partial charge in [-0.05, 0) is 37.8 Å². The number of amides is 2. The highest BCUT2D eigenvalue weighted by molar-refractivity contribution is 6.00. The minimum atomic E-state index is -0.544. The molecule has 25 heavy (non-hydrogen) atoms. The molecule has 7 heteroatoms. The third-order valence-electron chi connectivity index (χ3n) is 5.13. The maximum absolute atomic E-state index is 12.8. The number of nitrogens with zero attached hydrogens (tertiary/aromatic N) is 3. The van der Waals surface area contributed by atoms with Crippen LogP contribution in [0, 0.1) is 5.92 Å². The molecule has 0 radical (unpaired) electrons. The second-order valence-corrected chi connectivity index (χ2v) is 6.76. The monoisotopic (exact) mass is 339 g/mol. The molecule has 2 atom stereocenters. The zero-order valence-electron chi connectivity index (χ0n) is 14.2. The Morgan fingerprint density at radius 2 is 2.04 bits per heavy atom. The van der Waals surface area contributed by atoms with Crippen molar-refractivity contribution in [3.05, 3.63) is 41.2 Å². The van der Waals surface area contributed by atoms with Crippen molar-refractivity contribution in [1.29, 1.82) is 0 Å². The Kier molecular flexibility index (Phi) is 3.99. The van der Waals surface area contributed by atoms with Crippen molar-refractivity contribution in [2.24, 2.45) is 5.92 Å². The summed E-state index contributed by atoms with van der Waals surface area (Å²) in [6.45, 7) is 2.43. The minimum Gasteiger partial charge on any atom is -0.344 e. The lowest BCUT2D eigenvalue weighted by Crippen LogP contribution is -2.48. The molecule has 4 rings (SSSR count). The fourth-order valence-electron chi connectivity index (χ4n) is 3.70. The molecule has 1 aromatic heterocycles. The van der Waals surface area contributed by atoms with Gasteiger partial charge in [0.25, 0.3) is 0 Å². The summed E-state index contributed by atoms with van der Waals surface area (Å²) in [5.41, 5.74) is 3.94. The molecule has 0 saturated heterocycles. The van der Waals surface area contributed by atoms with E-state index in [0.29, 0.717) is 13.0 Å². The zero-order valence-corrected chi connectivity index (χ0v) is 14.2. The summed E-state index contributed by atoms with van der Waals surface area (Å²) in [5, 5.41) is 13.7. The van der Waals surface area contributed by atoms with Gasteiger partial charge in [0.05, 0.1) is 11.4 Å². The summed E-state index contributed by atoms with van der Waals surface area (Å²) in [7, 11) is 0. The number of rotatable bonds is 3. The number of anilines is 1. The van der Waals surface area contributed by atoms with Crippen molar-refractivity contribution in [3.8, 4) is 0 Å². The van der Waals surface area contributed by atoms with Crippen LogP contribution in [0.4, 0.5) is 5.69 Å². The number of hydrogen-bond acceptors (Lipinski definition) is 4. The van der Waals surface area contributed by atoms with E-state index in [1.165, 1.54) is 5.56 Å². The smallest absolute Gasteiger partial charge is 0.249 e. The molecular formula is C18H21N5O2. The quantitative estimate of drug-likeness (QED) is 0.873.